The zero-order chi connectivity index (χ0) is 15.5. The summed E-state index contributed by atoms with van der Waals surface area (Å²) in [7, 11) is 0. The molecule has 0 saturated carbocycles. The van der Waals surface area contributed by atoms with Gasteiger partial charge in [0.05, 0.1) is 12.7 Å². The summed E-state index contributed by atoms with van der Waals surface area (Å²) in [6.45, 7) is 4.81. The van der Waals surface area contributed by atoms with Crippen molar-refractivity contribution in [2.24, 2.45) is 0 Å². The molecule has 0 bridgehead atoms. The van der Waals surface area contributed by atoms with Crippen LogP contribution in [-0.2, 0) is 16.1 Å². The first kappa shape index (κ1) is 15.6. The van der Waals surface area contributed by atoms with Gasteiger partial charge in [-0.2, -0.15) is 8.78 Å². The zero-order valence-electron chi connectivity index (χ0n) is 12.1. The van der Waals surface area contributed by atoms with Crippen LogP contribution in [0.15, 0.2) is 18.3 Å². The molecular formula is C14H19F2N3O2. The highest BCUT2D eigenvalue weighted by atomic mass is 19.3. The second-order valence-corrected chi connectivity index (χ2v) is 5.22. The van der Waals surface area contributed by atoms with Crippen molar-refractivity contribution in [3.8, 4) is 0 Å². The second kappa shape index (κ2) is 6.34. The number of halogens is 2. The smallest absolute Gasteiger partial charge is 0.321 e. The lowest BCUT2D eigenvalue weighted by atomic mass is 10.2. The number of rotatable bonds is 4. The van der Waals surface area contributed by atoms with Gasteiger partial charge in [-0.1, -0.05) is 6.07 Å². The summed E-state index contributed by atoms with van der Waals surface area (Å²) in [5, 5.41) is 2.18. The number of ether oxygens (including phenoxy) is 1. The lowest BCUT2D eigenvalue weighted by Gasteiger charge is -2.32. The molecule has 7 heteroatoms. The number of morpholine rings is 1. The Morgan fingerprint density at radius 2 is 2.33 bits per heavy atom. The molecule has 1 atom stereocenters. The third-order valence-electron chi connectivity index (χ3n) is 3.23. The van der Waals surface area contributed by atoms with Gasteiger partial charge in [-0.25, -0.2) is 4.98 Å². The van der Waals surface area contributed by atoms with Gasteiger partial charge in [0.25, 0.3) is 5.91 Å². The maximum absolute atomic E-state index is 12.7. The minimum absolute atomic E-state index is 0.0368. The molecule has 1 fully saturated rings. The van der Waals surface area contributed by atoms with Gasteiger partial charge in [0, 0.05) is 32.8 Å². The standard InChI is InChI=1S/C14H19F2N3O2/c1-10-9-19(5-6-21-10)12-4-3-11(7-17-12)8-18-13(20)14(2,15)16/h3-4,7,10H,5-6,8-9H2,1-2H3,(H,18,20). The first-order valence-electron chi connectivity index (χ1n) is 6.84. The number of hydrogen-bond acceptors (Lipinski definition) is 4. The van der Waals surface area contributed by atoms with E-state index in [1.165, 1.54) is 0 Å². The summed E-state index contributed by atoms with van der Waals surface area (Å²) in [4.78, 5) is 17.5. The average Bonchev–Trinajstić information content (AvgIpc) is 2.44. The van der Waals surface area contributed by atoms with Gasteiger partial charge >= 0.3 is 5.92 Å². The molecule has 1 saturated heterocycles. The molecule has 116 valence electrons. The van der Waals surface area contributed by atoms with Crippen molar-refractivity contribution >= 4 is 11.7 Å². The highest BCUT2D eigenvalue weighted by molar-refractivity contribution is 5.82. The van der Waals surface area contributed by atoms with Gasteiger partial charge in [0.15, 0.2) is 0 Å². The van der Waals surface area contributed by atoms with Crippen LogP contribution < -0.4 is 10.2 Å². The first-order chi connectivity index (χ1) is 9.86. The van der Waals surface area contributed by atoms with E-state index in [4.69, 9.17) is 4.74 Å². The number of aromatic nitrogens is 1. The summed E-state index contributed by atoms with van der Waals surface area (Å²) in [6, 6.07) is 3.60. The van der Waals surface area contributed by atoms with Crippen LogP contribution in [0.25, 0.3) is 0 Å². The largest absolute Gasteiger partial charge is 0.375 e. The zero-order valence-corrected chi connectivity index (χ0v) is 12.1. The molecule has 1 aliphatic rings. The topological polar surface area (TPSA) is 54.5 Å². The lowest BCUT2D eigenvalue weighted by molar-refractivity contribution is -0.143. The first-order valence-corrected chi connectivity index (χ1v) is 6.84. The lowest BCUT2D eigenvalue weighted by Crippen LogP contribution is -2.41. The molecule has 2 rings (SSSR count). The number of pyridine rings is 1. The van der Waals surface area contributed by atoms with E-state index in [9.17, 15) is 13.6 Å². The van der Waals surface area contributed by atoms with E-state index in [2.05, 4.69) is 15.2 Å². The van der Waals surface area contributed by atoms with Crippen molar-refractivity contribution in [1.29, 1.82) is 0 Å². The Morgan fingerprint density at radius 3 is 2.90 bits per heavy atom. The van der Waals surface area contributed by atoms with Crippen LogP contribution in [0, 0.1) is 0 Å². The second-order valence-electron chi connectivity index (χ2n) is 5.22. The minimum atomic E-state index is -3.36. The molecular weight excluding hydrogens is 280 g/mol. The van der Waals surface area contributed by atoms with Crippen molar-refractivity contribution in [1.82, 2.24) is 10.3 Å². The summed E-state index contributed by atoms with van der Waals surface area (Å²) in [5.41, 5.74) is 0.678. The van der Waals surface area contributed by atoms with Crippen LogP contribution in [0.4, 0.5) is 14.6 Å². The van der Waals surface area contributed by atoms with Crippen LogP contribution in [0.3, 0.4) is 0 Å². The van der Waals surface area contributed by atoms with Gasteiger partial charge in [-0.05, 0) is 18.6 Å². The number of carbonyl (C=O) groups excluding carboxylic acids is 1. The molecule has 1 N–H and O–H groups in total. The van der Waals surface area contributed by atoms with Crippen LogP contribution in [0.5, 0.6) is 0 Å². The third kappa shape index (κ3) is 4.35. The van der Waals surface area contributed by atoms with E-state index in [-0.39, 0.29) is 12.6 Å². The van der Waals surface area contributed by atoms with Crippen LogP contribution in [-0.4, -0.2) is 42.6 Å². The van der Waals surface area contributed by atoms with Gasteiger partial charge < -0.3 is 15.0 Å². The van der Waals surface area contributed by atoms with Gasteiger partial charge in [-0.3, -0.25) is 4.79 Å². The van der Waals surface area contributed by atoms with Gasteiger partial charge in [-0.15, -0.1) is 0 Å². The van der Waals surface area contributed by atoms with Crippen molar-refractivity contribution in [2.45, 2.75) is 32.4 Å². The minimum Gasteiger partial charge on any atom is -0.375 e. The Kier molecular flexibility index (Phi) is 4.72. The summed E-state index contributed by atoms with van der Waals surface area (Å²) in [5.74, 6) is -3.83. The number of anilines is 1. The van der Waals surface area contributed by atoms with Gasteiger partial charge in [0.1, 0.15) is 5.82 Å². The highest BCUT2D eigenvalue weighted by Crippen LogP contribution is 2.16. The molecule has 0 spiro atoms. The van der Waals surface area contributed by atoms with Crippen LogP contribution >= 0.6 is 0 Å². The Bertz CT molecular complexity index is 488. The molecule has 1 aromatic heterocycles. The number of carbonyl (C=O) groups is 1. The van der Waals surface area contributed by atoms with Crippen LogP contribution in [0.2, 0.25) is 0 Å². The number of alkyl halides is 2. The molecule has 0 aromatic carbocycles. The predicted octanol–water partition coefficient (Wildman–Crippen LogP) is 1.58. The van der Waals surface area contributed by atoms with E-state index >= 15 is 0 Å². The molecule has 1 aliphatic heterocycles. The summed E-state index contributed by atoms with van der Waals surface area (Å²) < 4.78 is 30.9. The molecule has 0 aliphatic carbocycles. The number of nitrogens with one attached hydrogen (secondary N) is 1. The average molecular weight is 299 g/mol. The molecule has 1 unspecified atom stereocenters. The Hall–Kier alpha value is -1.76. The van der Waals surface area contributed by atoms with E-state index in [1.54, 1.807) is 12.3 Å². The van der Waals surface area contributed by atoms with Crippen LogP contribution in [0.1, 0.15) is 19.4 Å². The monoisotopic (exact) mass is 299 g/mol. The quantitative estimate of drug-likeness (QED) is 0.917. The van der Waals surface area contributed by atoms with E-state index in [1.807, 2.05) is 13.0 Å². The maximum Gasteiger partial charge on any atom is 0.321 e. The predicted molar refractivity (Wildman–Crippen MR) is 74.3 cm³/mol. The van der Waals surface area contributed by atoms with Crippen molar-refractivity contribution in [3.63, 3.8) is 0 Å². The number of amides is 1. The van der Waals surface area contributed by atoms with E-state index in [0.29, 0.717) is 19.1 Å². The Balaban J connectivity index is 1.91. The molecule has 1 amide bonds. The fraction of sp³-hybridized carbons (Fsp3) is 0.571. The third-order valence-corrected chi connectivity index (χ3v) is 3.23. The number of hydrogen-bond donors (Lipinski definition) is 1. The normalized spacial score (nSPS) is 19.4. The highest BCUT2D eigenvalue weighted by Gasteiger charge is 2.31. The van der Waals surface area contributed by atoms with Crippen molar-refractivity contribution < 1.29 is 18.3 Å². The molecule has 0 radical (unpaired) electrons. The van der Waals surface area contributed by atoms with Crippen molar-refractivity contribution in [3.05, 3.63) is 23.9 Å². The molecule has 21 heavy (non-hydrogen) atoms. The fourth-order valence-electron chi connectivity index (χ4n) is 2.07. The summed E-state index contributed by atoms with van der Waals surface area (Å²) >= 11 is 0. The Morgan fingerprint density at radius 1 is 1.57 bits per heavy atom. The van der Waals surface area contributed by atoms with E-state index < -0.39 is 11.8 Å². The SMILES string of the molecule is CC1CN(c2ccc(CNC(=O)C(C)(F)F)cn2)CCO1. The Labute approximate surface area is 122 Å². The summed E-state index contributed by atoms with van der Waals surface area (Å²) in [6.07, 6.45) is 1.75. The van der Waals surface area contributed by atoms with Crippen molar-refractivity contribution in [2.75, 3.05) is 24.6 Å². The molecule has 1 aromatic rings. The van der Waals surface area contributed by atoms with Gasteiger partial charge in [0.2, 0.25) is 0 Å². The molecule has 5 nitrogen and oxygen atoms in total. The van der Waals surface area contributed by atoms with E-state index in [0.717, 1.165) is 18.9 Å². The fourth-order valence-corrected chi connectivity index (χ4v) is 2.07. The number of nitrogens with zero attached hydrogens (tertiary/aromatic N) is 2. The maximum atomic E-state index is 12.7. The molecule has 2 heterocycles.